The van der Waals surface area contributed by atoms with E-state index in [4.69, 9.17) is 15.2 Å². The van der Waals surface area contributed by atoms with Crippen LogP contribution in [0, 0.1) is 0 Å². The quantitative estimate of drug-likeness (QED) is 0.579. The lowest BCUT2D eigenvalue weighted by molar-refractivity contribution is -0.121. The van der Waals surface area contributed by atoms with E-state index in [0.717, 1.165) is 12.1 Å². The van der Waals surface area contributed by atoms with Crippen LogP contribution in [0.1, 0.15) is 27.2 Å². The minimum Gasteiger partial charge on any atom is -0.490 e. The Morgan fingerprint density at radius 1 is 1.26 bits per heavy atom. The van der Waals surface area contributed by atoms with Gasteiger partial charge in [0.25, 0.3) is 0 Å². The minimum atomic E-state index is -0.289. The lowest BCUT2D eigenvalue weighted by Gasteiger charge is -2.19. The smallest absolute Gasteiger partial charge is 0.242 e. The lowest BCUT2D eigenvalue weighted by atomic mass is 10.1. The zero-order valence-electron chi connectivity index (χ0n) is 13.8. The molecule has 0 aromatic heterocycles. The SMILES string of the molecule is CC(C)(C)NC(=O)CN=C(N)Nc1ccc2c(c1)OCCCO2. The molecule has 1 heterocycles. The van der Waals surface area contributed by atoms with Gasteiger partial charge in [0.2, 0.25) is 5.91 Å². The number of hydrogen-bond donors (Lipinski definition) is 3. The Morgan fingerprint density at radius 3 is 2.65 bits per heavy atom. The van der Waals surface area contributed by atoms with Crippen molar-refractivity contribution in [3.8, 4) is 11.5 Å². The second-order valence-electron chi connectivity index (χ2n) is 6.34. The summed E-state index contributed by atoms with van der Waals surface area (Å²) in [6, 6.07) is 5.45. The molecule has 0 radical (unpaired) electrons. The van der Waals surface area contributed by atoms with Crippen LogP contribution >= 0.6 is 0 Å². The van der Waals surface area contributed by atoms with Gasteiger partial charge in [-0.3, -0.25) is 4.79 Å². The van der Waals surface area contributed by atoms with E-state index in [1.165, 1.54) is 0 Å². The normalized spacial score (nSPS) is 14.8. The number of aliphatic imine (C=N–C) groups is 1. The highest BCUT2D eigenvalue weighted by molar-refractivity contribution is 5.94. The van der Waals surface area contributed by atoms with Gasteiger partial charge in [-0.05, 0) is 32.9 Å². The highest BCUT2D eigenvalue weighted by Crippen LogP contribution is 2.32. The maximum absolute atomic E-state index is 11.7. The Kier molecular flexibility index (Phi) is 5.31. The standard InChI is InChI=1S/C16H24N4O3/c1-16(2,3)20-14(21)10-18-15(17)19-11-5-6-12-13(9-11)23-8-4-7-22-12/h5-6,9H,4,7-8,10H2,1-3H3,(H,20,21)(H3,17,18,19). The molecule has 0 fully saturated rings. The lowest BCUT2D eigenvalue weighted by Crippen LogP contribution is -2.42. The van der Waals surface area contributed by atoms with Crippen molar-refractivity contribution in [2.75, 3.05) is 25.1 Å². The molecule has 2 rings (SSSR count). The van der Waals surface area contributed by atoms with E-state index < -0.39 is 0 Å². The molecule has 0 spiro atoms. The molecule has 1 aliphatic rings. The topological polar surface area (TPSA) is 98.0 Å². The molecule has 0 bridgehead atoms. The van der Waals surface area contributed by atoms with Gasteiger partial charge in [-0.2, -0.15) is 0 Å². The largest absolute Gasteiger partial charge is 0.490 e. The summed E-state index contributed by atoms with van der Waals surface area (Å²) < 4.78 is 11.2. The number of carbonyl (C=O) groups is 1. The summed E-state index contributed by atoms with van der Waals surface area (Å²) in [6.45, 7) is 6.97. The van der Waals surface area contributed by atoms with Crippen LogP contribution in [0.4, 0.5) is 5.69 Å². The third-order valence-corrected chi connectivity index (χ3v) is 2.93. The number of guanidine groups is 1. The van der Waals surface area contributed by atoms with Gasteiger partial charge in [-0.15, -0.1) is 0 Å². The van der Waals surface area contributed by atoms with E-state index in [1.807, 2.05) is 32.9 Å². The van der Waals surface area contributed by atoms with E-state index in [2.05, 4.69) is 15.6 Å². The van der Waals surface area contributed by atoms with Crippen molar-refractivity contribution >= 4 is 17.6 Å². The van der Waals surface area contributed by atoms with Crippen LogP contribution in [0.3, 0.4) is 0 Å². The van der Waals surface area contributed by atoms with Gasteiger partial charge in [0.15, 0.2) is 17.5 Å². The average molecular weight is 320 g/mol. The van der Waals surface area contributed by atoms with Crippen molar-refractivity contribution in [2.45, 2.75) is 32.7 Å². The molecule has 1 aromatic rings. The van der Waals surface area contributed by atoms with E-state index in [1.54, 1.807) is 6.07 Å². The molecule has 0 aliphatic carbocycles. The molecule has 0 saturated heterocycles. The Hall–Kier alpha value is -2.44. The van der Waals surface area contributed by atoms with Crippen LogP contribution in [-0.4, -0.2) is 37.2 Å². The third-order valence-electron chi connectivity index (χ3n) is 2.93. The van der Waals surface area contributed by atoms with Gasteiger partial charge in [0.05, 0.1) is 13.2 Å². The maximum atomic E-state index is 11.7. The minimum absolute atomic E-state index is 0.0271. The van der Waals surface area contributed by atoms with Crippen molar-refractivity contribution in [2.24, 2.45) is 10.7 Å². The predicted molar refractivity (Wildman–Crippen MR) is 90.1 cm³/mol. The number of benzene rings is 1. The first kappa shape index (κ1) is 16.9. The Morgan fingerprint density at radius 2 is 1.96 bits per heavy atom. The molecule has 0 saturated carbocycles. The first-order valence-electron chi connectivity index (χ1n) is 7.61. The van der Waals surface area contributed by atoms with Crippen LogP contribution in [0.2, 0.25) is 0 Å². The zero-order chi connectivity index (χ0) is 16.9. The highest BCUT2D eigenvalue weighted by Gasteiger charge is 2.13. The fourth-order valence-corrected chi connectivity index (χ4v) is 2.04. The van der Waals surface area contributed by atoms with Crippen LogP contribution < -0.4 is 25.8 Å². The van der Waals surface area contributed by atoms with Gasteiger partial charge < -0.3 is 25.8 Å². The Bertz CT molecular complexity index is 593. The Balaban J connectivity index is 1.94. The third kappa shape index (κ3) is 5.69. The molecule has 0 atom stereocenters. The number of hydrogen-bond acceptors (Lipinski definition) is 4. The van der Waals surface area contributed by atoms with Gasteiger partial charge in [-0.1, -0.05) is 0 Å². The van der Waals surface area contributed by atoms with Crippen molar-refractivity contribution in [1.82, 2.24) is 5.32 Å². The maximum Gasteiger partial charge on any atom is 0.242 e. The highest BCUT2D eigenvalue weighted by atomic mass is 16.5. The molecule has 1 aromatic carbocycles. The first-order valence-corrected chi connectivity index (χ1v) is 7.61. The molecule has 1 amide bonds. The number of anilines is 1. The number of nitrogens with one attached hydrogen (secondary N) is 2. The number of rotatable bonds is 3. The molecule has 7 heteroatoms. The summed E-state index contributed by atoms with van der Waals surface area (Å²) in [5.41, 5.74) is 6.25. The van der Waals surface area contributed by atoms with Gasteiger partial charge in [0, 0.05) is 23.7 Å². The second-order valence-corrected chi connectivity index (χ2v) is 6.34. The van der Waals surface area contributed by atoms with Crippen LogP contribution in [0.5, 0.6) is 11.5 Å². The second kappa shape index (κ2) is 7.21. The van der Waals surface area contributed by atoms with Crippen molar-refractivity contribution < 1.29 is 14.3 Å². The summed E-state index contributed by atoms with van der Waals surface area (Å²) in [7, 11) is 0. The summed E-state index contributed by atoms with van der Waals surface area (Å²) >= 11 is 0. The number of carbonyl (C=O) groups excluding carboxylic acids is 1. The summed E-state index contributed by atoms with van der Waals surface area (Å²) in [5, 5.41) is 5.76. The zero-order valence-corrected chi connectivity index (χ0v) is 13.8. The van der Waals surface area contributed by atoms with E-state index in [-0.39, 0.29) is 24.0 Å². The van der Waals surface area contributed by atoms with Crippen LogP contribution in [-0.2, 0) is 4.79 Å². The van der Waals surface area contributed by atoms with Crippen LogP contribution in [0.15, 0.2) is 23.2 Å². The summed E-state index contributed by atoms with van der Waals surface area (Å²) in [6.07, 6.45) is 0.851. The van der Waals surface area contributed by atoms with Gasteiger partial charge >= 0.3 is 0 Å². The number of nitrogens with zero attached hydrogens (tertiary/aromatic N) is 1. The fourth-order valence-electron chi connectivity index (χ4n) is 2.04. The monoisotopic (exact) mass is 320 g/mol. The number of amides is 1. The van der Waals surface area contributed by atoms with Gasteiger partial charge in [-0.25, -0.2) is 4.99 Å². The number of nitrogens with two attached hydrogens (primary N) is 1. The van der Waals surface area contributed by atoms with E-state index >= 15 is 0 Å². The molecule has 23 heavy (non-hydrogen) atoms. The van der Waals surface area contributed by atoms with Gasteiger partial charge in [0.1, 0.15) is 6.54 Å². The molecule has 126 valence electrons. The first-order chi connectivity index (χ1) is 10.8. The molecular formula is C16H24N4O3. The Labute approximate surface area is 136 Å². The van der Waals surface area contributed by atoms with Crippen molar-refractivity contribution in [1.29, 1.82) is 0 Å². The summed E-state index contributed by atoms with van der Waals surface area (Å²) in [5.74, 6) is 1.38. The molecule has 0 unspecified atom stereocenters. The van der Waals surface area contributed by atoms with Crippen molar-refractivity contribution in [3.63, 3.8) is 0 Å². The molecule has 4 N–H and O–H groups in total. The van der Waals surface area contributed by atoms with Crippen LogP contribution in [0.25, 0.3) is 0 Å². The van der Waals surface area contributed by atoms with E-state index in [0.29, 0.717) is 24.7 Å². The molecule has 1 aliphatic heterocycles. The molecule has 7 nitrogen and oxygen atoms in total. The van der Waals surface area contributed by atoms with Crippen molar-refractivity contribution in [3.05, 3.63) is 18.2 Å². The number of ether oxygens (including phenoxy) is 2. The predicted octanol–water partition coefficient (Wildman–Crippen LogP) is 1.49. The van der Waals surface area contributed by atoms with E-state index in [9.17, 15) is 4.79 Å². The average Bonchev–Trinajstić information content (AvgIpc) is 2.68. The molecular weight excluding hydrogens is 296 g/mol. The fraction of sp³-hybridized carbons (Fsp3) is 0.500. The number of fused-ring (bicyclic) bond motifs is 1. The summed E-state index contributed by atoms with van der Waals surface area (Å²) in [4.78, 5) is 15.7.